The van der Waals surface area contributed by atoms with Gasteiger partial charge in [0.2, 0.25) is 11.9 Å². The molecule has 1 amide bonds. The summed E-state index contributed by atoms with van der Waals surface area (Å²) >= 11 is 0. The topological polar surface area (TPSA) is 129 Å². The third-order valence-electron chi connectivity index (χ3n) is 5.07. The quantitative estimate of drug-likeness (QED) is 0.319. The number of aromatic nitrogens is 3. The minimum absolute atomic E-state index is 0.131. The standard InChI is InChI=1S/C25H37FN6O5/c1-25(2,3)37-24(33)28-11-14-35-16-15-34-13-10-27-22-30-21(18-6-8-19(26)9-7-18)31-23(32-22)29-17-20-5-4-12-36-20/h6-9,20H,4-5,10-17H2,1-3H3,(H,28,33)(H2,27,29,30,31,32). The molecular weight excluding hydrogens is 483 g/mol. The Hall–Kier alpha value is -3.09. The van der Waals surface area contributed by atoms with E-state index in [0.29, 0.717) is 69.3 Å². The summed E-state index contributed by atoms with van der Waals surface area (Å²) in [5, 5.41) is 8.99. The van der Waals surface area contributed by atoms with Crippen molar-refractivity contribution < 1.29 is 28.1 Å². The third-order valence-corrected chi connectivity index (χ3v) is 5.07. The molecular formula is C25H37FN6O5. The number of nitrogens with one attached hydrogen (secondary N) is 3. The van der Waals surface area contributed by atoms with Gasteiger partial charge in [0, 0.05) is 31.8 Å². The molecule has 0 spiro atoms. The summed E-state index contributed by atoms with van der Waals surface area (Å²) in [5.74, 6) is 0.911. The number of alkyl carbamates (subject to hydrolysis) is 1. The average Bonchev–Trinajstić information content (AvgIpc) is 3.37. The van der Waals surface area contributed by atoms with Crippen LogP contribution in [0.25, 0.3) is 11.4 Å². The van der Waals surface area contributed by atoms with Gasteiger partial charge in [-0.15, -0.1) is 0 Å². The van der Waals surface area contributed by atoms with Gasteiger partial charge >= 0.3 is 6.09 Å². The molecule has 0 bridgehead atoms. The van der Waals surface area contributed by atoms with Crippen molar-refractivity contribution in [1.29, 1.82) is 0 Å². The number of rotatable bonds is 14. The first-order valence-corrected chi connectivity index (χ1v) is 12.5. The van der Waals surface area contributed by atoms with Crippen molar-refractivity contribution in [2.45, 2.75) is 45.3 Å². The van der Waals surface area contributed by atoms with Gasteiger partial charge in [0.25, 0.3) is 0 Å². The van der Waals surface area contributed by atoms with Crippen LogP contribution in [0.1, 0.15) is 33.6 Å². The molecule has 1 aromatic carbocycles. The van der Waals surface area contributed by atoms with Crippen LogP contribution < -0.4 is 16.0 Å². The highest BCUT2D eigenvalue weighted by atomic mass is 19.1. The van der Waals surface area contributed by atoms with Gasteiger partial charge < -0.3 is 34.9 Å². The Morgan fingerprint density at radius 2 is 1.68 bits per heavy atom. The maximum atomic E-state index is 13.4. The molecule has 2 heterocycles. The number of hydrogen-bond donors (Lipinski definition) is 3. The minimum atomic E-state index is -0.529. The molecule has 11 nitrogen and oxygen atoms in total. The number of carbonyl (C=O) groups excluding carboxylic acids is 1. The van der Waals surface area contributed by atoms with Crippen molar-refractivity contribution >= 4 is 18.0 Å². The number of ether oxygens (including phenoxy) is 4. The number of benzene rings is 1. The second-order valence-electron chi connectivity index (χ2n) is 9.41. The zero-order valence-corrected chi connectivity index (χ0v) is 21.7. The third kappa shape index (κ3) is 11.2. The van der Waals surface area contributed by atoms with Crippen molar-refractivity contribution in [1.82, 2.24) is 20.3 Å². The minimum Gasteiger partial charge on any atom is -0.444 e. The SMILES string of the molecule is CC(C)(C)OC(=O)NCCOCCOCCNc1nc(NCC2CCCO2)nc(-c2ccc(F)cc2)n1. The number of hydrogen-bond acceptors (Lipinski definition) is 10. The van der Waals surface area contributed by atoms with E-state index in [1.165, 1.54) is 12.1 Å². The first kappa shape index (κ1) is 28.5. The normalized spacial score (nSPS) is 15.4. The molecule has 3 rings (SSSR count). The van der Waals surface area contributed by atoms with Crippen LogP contribution in [-0.2, 0) is 18.9 Å². The number of halogens is 1. The van der Waals surface area contributed by atoms with E-state index in [9.17, 15) is 9.18 Å². The Morgan fingerprint density at radius 3 is 2.32 bits per heavy atom. The van der Waals surface area contributed by atoms with Crippen LogP contribution in [0.4, 0.5) is 21.1 Å². The fourth-order valence-corrected chi connectivity index (χ4v) is 3.37. The second-order valence-corrected chi connectivity index (χ2v) is 9.41. The number of nitrogens with zero attached hydrogens (tertiary/aromatic N) is 3. The van der Waals surface area contributed by atoms with Crippen LogP contribution in [0.15, 0.2) is 24.3 Å². The molecule has 1 atom stereocenters. The van der Waals surface area contributed by atoms with Gasteiger partial charge in [-0.1, -0.05) is 0 Å². The van der Waals surface area contributed by atoms with Gasteiger partial charge in [0.1, 0.15) is 11.4 Å². The molecule has 1 aliphatic rings. The van der Waals surface area contributed by atoms with Crippen molar-refractivity contribution in [2.75, 3.05) is 63.3 Å². The van der Waals surface area contributed by atoms with Crippen molar-refractivity contribution in [3.05, 3.63) is 30.1 Å². The van der Waals surface area contributed by atoms with E-state index in [-0.39, 0.29) is 11.9 Å². The van der Waals surface area contributed by atoms with E-state index < -0.39 is 11.7 Å². The Balaban J connectivity index is 1.38. The summed E-state index contributed by atoms with van der Waals surface area (Å²) in [6.07, 6.45) is 1.70. The molecule has 1 fully saturated rings. The maximum absolute atomic E-state index is 13.4. The lowest BCUT2D eigenvalue weighted by Gasteiger charge is -2.19. The highest BCUT2D eigenvalue weighted by Crippen LogP contribution is 2.19. The van der Waals surface area contributed by atoms with Crippen LogP contribution in [0.3, 0.4) is 0 Å². The zero-order chi connectivity index (χ0) is 26.5. The molecule has 0 aliphatic carbocycles. The van der Waals surface area contributed by atoms with Gasteiger partial charge in [-0.05, 0) is 57.9 Å². The summed E-state index contributed by atoms with van der Waals surface area (Å²) in [4.78, 5) is 24.9. The second kappa shape index (κ2) is 14.6. The highest BCUT2D eigenvalue weighted by molar-refractivity contribution is 5.67. The summed E-state index contributed by atoms with van der Waals surface area (Å²) in [5.41, 5.74) is 0.153. The van der Waals surface area contributed by atoms with Gasteiger partial charge in [-0.2, -0.15) is 15.0 Å². The van der Waals surface area contributed by atoms with Crippen molar-refractivity contribution in [3.8, 4) is 11.4 Å². The lowest BCUT2D eigenvalue weighted by atomic mass is 10.2. The van der Waals surface area contributed by atoms with E-state index in [4.69, 9.17) is 18.9 Å². The molecule has 204 valence electrons. The predicted molar refractivity (Wildman–Crippen MR) is 137 cm³/mol. The molecule has 1 unspecified atom stereocenters. The molecule has 1 aromatic heterocycles. The van der Waals surface area contributed by atoms with Crippen LogP contribution in [-0.4, -0.2) is 85.4 Å². The summed E-state index contributed by atoms with van der Waals surface area (Å²) in [6.45, 7) is 9.19. The maximum Gasteiger partial charge on any atom is 0.407 e. The largest absolute Gasteiger partial charge is 0.444 e. The van der Waals surface area contributed by atoms with Crippen LogP contribution >= 0.6 is 0 Å². The van der Waals surface area contributed by atoms with Gasteiger partial charge in [0.15, 0.2) is 5.82 Å². The fourth-order valence-electron chi connectivity index (χ4n) is 3.37. The van der Waals surface area contributed by atoms with Crippen LogP contribution in [0.2, 0.25) is 0 Å². The lowest BCUT2D eigenvalue weighted by molar-refractivity contribution is 0.0415. The van der Waals surface area contributed by atoms with Crippen LogP contribution in [0, 0.1) is 5.82 Å². The van der Waals surface area contributed by atoms with E-state index >= 15 is 0 Å². The van der Waals surface area contributed by atoms with E-state index in [1.54, 1.807) is 12.1 Å². The average molecular weight is 521 g/mol. The number of amides is 1. The number of anilines is 2. The van der Waals surface area contributed by atoms with Crippen LogP contribution in [0.5, 0.6) is 0 Å². The van der Waals surface area contributed by atoms with Gasteiger partial charge in [-0.25, -0.2) is 9.18 Å². The zero-order valence-electron chi connectivity index (χ0n) is 21.7. The predicted octanol–water partition coefficient (Wildman–Crippen LogP) is 3.24. The Labute approximate surface area is 216 Å². The molecule has 0 radical (unpaired) electrons. The summed E-state index contributed by atoms with van der Waals surface area (Å²) in [6, 6.07) is 6.00. The van der Waals surface area contributed by atoms with Gasteiger partial charge in [0.05, 0.1) is 32.5 Å². The Kier molecular flexibility index (Phi) is 11.2. The smallest absolute Gasteiger partial charge is 0.407 e. The van der Waals surface area contributed by atoms with E-state index in [1.807, 2.05) is 20.8 Å². The van der Waals surface area contributed by atoms with E-state index in [2.05, 4.69) is 30.9 Å². The Bertz CT molecular complexity index is 967. The van der Waals surface area contributed by atoms with Gasteiger partial charge in [-0.3, -0.25) is 0 Å². The highest BCUT2D eigenvalue weighted by Gasteiger charge is 2.17. The van der Waals surface area contributed by atoms with Crippen molar-refractivity contribution in [3.63, 3.8) is 0 Å². The summed E-state index contributed by atoms with van der Waals surface area (Å²) in [7, 11) is 0. The number of carbonyl (C=O) groups is 1. The monoisotopic (exact) mass is 520 g/mol. The molecule has 0 saturated carbocycles. The summed E-state index contributed by atoms with van der Waals surface area (Å²) < 4.78 is 35.2. The fraction of sp³-hybridized carbons (Fsp3) is 0.600. The molecule has 3 N–H and O–H groups in total. The molecule has 1 aliphatic heterocycles. The van der Waals surface area contributed by atoms with E-state index in [0.717, 1.165) is 19.4 Å². The molecule has 2 aromatic rings. The molecule has 1 saturated heterocycles. The first-order chi connectivity index (χ1) is 17.8. The van der Waals surface area contributed by atoms with Crippen molar-refractivity contribution in [2.24, 2.45) is 0 Å². The Morgan fingerprint density at radius 1 is 1.00 bits per heavy atom. The molecule has 12 heteroatoms. The first-order valence-electron chi connectivity index (χ1n) is 12.5. The molecule has 37 heavy (non-hydrogen) atoms. The lowest BCUT2D eigenvalue weighted by Crippen LogP contribution is -2.34.